The predicted octanol–water partition coefficient (Wildman–Crippen LogP) is 3.75. The van der Waals surface area contributed by atoms with Crippen molar-refractivity contribution in [1.82, 2.24) is 19.4 Å². The monoisotopic (exact) mass is 465 g/mol. The van der Waals surface area contributed by atoms with Crippen LogP contribution >= 0.6 is 11.3 Å². The van der Waals surface area contributed by atoms with Gasteiger partial charge in [-0.3, -0.25) is 19.7 Å². The van der Waals surface area contributed by atoms with Crippen molar-refractivity contribution in [3.63, 3.8) is 0 Å². The molecule has 2 aliphatic rings. The van der Waals surface area contributed by atoms with Crippen LogP contribution < -0.4 is 11.0 Å². The summed E-state index contributed by atoms with van der Waals surface area (Å²) in [6.45, 7) is 3.39. The van der Waals surface area contributed by atoms with Crippen molar-refractivity contribution in [3.8, 4) is 0 Å². The quantitative estimate of drug-likeness (QED) is 0.636. The SMILES string of the molecule is Cc1nc2sc3c(c2c(=O)n1NC(=O)Cn1nc(C(F)(F)F)cc1C1CC1)CCC(C)C3. The first-order chi connectivity index (χ1) is 15.1. The number of aromatic nitrogens is 4. The summed E-state index contributed by atoms with van der Waals surface area (Å²) < 4.78 is 41.5. The van der Waals surface area contributed by atoms with Crippen LogP contribution in [0.5, 0.6) is 0 Å². The minimum Gasteiger partial charge on any atom is -0.271 e. The molecule has 1 atom stereocenters. The molecule has 0 radical (unpaired) electrons. The number of alkyl halides is 3. The van der Waals surface area contributed by atoms with E-state index < -0.39 is 24.3 Å². The van der Waals surface area contributed by atoms with Gasteiger partial charge in [0.1, 0.15) is 17.2 Å². The van der Waals surface area contributed by atoms with Gasteiger partial charge >= 0.3 is 6.18 Å². The Hall–Kier alpha value is -2.69. The molecule has 3 aromatic rings. The van der Waals surface area contributed by atoms with Gasteiger partial charge in [0, 0.05) is 16.5 Å². The molecule has 0 aromatic carbocycles. The van der Waals surface area contributed by atoms with Crippen LogP contribution in [0.2, 0.25) is 0 Å². The summed E-state index contributed by atoms with van der Waals surface area (Å²) in [5.41, 5.74) is 2.55. The highest BCUT2D eigenvalue weighted by Gasteiger charge is 2.38. The number of nitrogens with one attached hydrogen (secondary N) is 1. The van der Waals surface area contributed by atoms with E-state index in [1.165, 1.54) is 11.3 Å². The van der Waals surface area contributed by atoms with E-state index in [0.717, 1.165) is 58.0 Å². The molecule has 1 saturated carbocycles. The number of fused-ring (bicyclic) bond motifs is 3. The molecule has 3 aromatic heterocycles. The molecule has 1 N–H and O–H groups in total. The number of halogens is 3. The molecule has 1 amide bonds. The molecule has 0 bridgehead atoms. The van der Waals surface area contributed by atoms with Crippen LogP contribution in [-0.2, 0) is 30.4 Å². The average Bonchev–Trinajstić information content (AvgIpc) is 3.35. The number of carbonyl (C=O) groups excluding carboxylic acids is 1. The molecule has 1 unspecified atom stereocenters. The Morgan fingerprint density at radius 2 is 2.06 bits per heavy atom. The van der Waals surface area contributed by atoms with E-state index in [2.05, 4.69) is 22.4 Å². The van der Waals surface area contributed by atoms with Crippen LogP contribution in [0.15, 0.2) is 10.9 Å². The molecule has 11 heteroatoms. The number of amides is 1. The van der Waals surface area contributed by atoms with Gasteiger partial charge in [0.15, 0.2) is 5.69 Å². The van der Waals surface area contributed by atoms with Crippen LogP contribution in [0, 0.1) is 12.8 Å². The van der Waals surface area contributed by atoms with E-state index in [9.17, 15) is 22.8 Å². The van der Waals surface area contributed by atoms with Crippen molar-refractivity contribution in [3.05, 3.63) is 44.1 Å². The third-order valence-electron chi connectivity index (χ3n) is 6.12. The highest BCUT2D eigenvalue weighted by molar-refractivity contribution is 7.18. The number of hydrogen-bond donors (Lipinski definition) is 1. The van der Waals surface area contributed by atoms with Crippen molar-refractivity contribution in [2.75, 3.05) is 5.43 Å². The maximum absolute atomic E-state index is 13.2. The second-order valence-electron chi connectivity index (χ2n) is 8.75. The predicted molar refractivity (Wildman–Crippen MR) is 113 cm³/mol. The van der Waals surface area contributed by atoms with Gasteiger partial charge in [-0.05, 0) is 56.6 Å². The highest BCUT2D eigenvalue weighted by atomic mass is 32.1. The van der Waals surface area contributed by atoms with Crippen molar-refractivity contribution >= 4 is 27.5 Å². The second-order valence-corrected chi connectivity index (χ2v) is 9.83. The van der Waals surface area contributed by atoms with Crippen molar-refractivity contribution in [1.29, 1.82) is 0 Å². The zero-order valence-electron chi connectivity index (χ0n) is 17.6. The van der Waals surface area contributed by atoms with Crippen LogP contribution in [0.1, 0.15) is 59.8 Å². The first-order valence-electron chi connectivity index (χ1n) is 10.6. The summed E-state index contributed by atoms with van der Waals surface area (Å²) in [5, 5.41) is 4.13. The summed E-state index contributed by atoms with van der Waals surface area (Å²) >= 11 is 1.52. The Morgan fingerprint density at radius 1 is 1.31 bits per heavy atom. The lowest BCUT2D eigenvalue weighted by atomic mass is 9.89. The number of rotatable bonds is 4. The van der Waals surface area contributed by atoms with Crippen LogP contribution in [0.25, 0.3) is 10.2 Å². The van der Waals surface area contributed by atoms with E-state index in [0.29, 0.717) is 27.7 Å². The van der Waals surface area contributed by atoms with Crippen molar-refractivity contribution < 1.29 is 18.0 Å². The van der Waals surface area contributed by atoms with Gasteiger partial charge in [0.2, 0.25) is 0 Å². The fraction of sp³-hybridized carbons (Fsp3) is 0.524. The normalized spacial score (nSPS) is 18.7. The molecule has 7 nitrogen and oxygen atoms in total. The van der Waals surface area contributed by atoms with E-state index in [4.69, 9.17) is 0 Å². The molecule has 32 heavy (non-hydrogen) atoms. The van der Waals surface area contributed by atoms with Crippen LogP contribution in [-0.4, -0.2) is 25.3 Å². The number of nitrogens with zero attached hydrogens (tertiary/aromatic N) is 4. The fourth-order valence-electron chi connectivity index (χ4n) is 4.32. The third-order valence-corrected chi connectivity index (χ3v) is 7.27. The summed E-state index contributed by atoms with van der Waals surface area (Å²) in [6, 6.07) is 1.01. The Kier molecular flexibility index (Phi) is 4.92. The maximum atomic E-state index is 13.2. The molecule has 2 aliphatic carbocycles. The lowest BCUT2D eigenvalue weighted by molar-refractivity contribution is -0.141. The number of carbonyl (C=O) groups is 1. The number of thiophene rings is 1. The molecular weight excluding hydrogens is 443 g/mol. The first kappa shape index (κ1) is 21.2. The fourth-order valence-corrected chi connectivity index (χ4v) is 5.74. The summed E-state index contributed by atoms with van der Waals surface area (Å²) in [6.07, 6.45) is -0.349. The number of aryl methyl sites for hydroxylation is 2. The van der Waals surface area contributed by atoms with E-state index >= 15 is 0 Å². The molecule has 0 spiro atoms. The molecule has 0 saturated heterocycles. The standard InChI is InChI=1S/C21H22F3N5O2S/c1-10-3-6-13-15(7-10)32-19-18(13)20(31)29(11(2)25-19)27-17(30)9-28-14(12-4-5-12)8-16(26-28)21(22,23)24/h8,10,12H,3-7,9H2,1-2H3,(H,27,30). The molecule has 5 rings (SSSR count). The van der Waals surface area contributed by atoms with Gasteiger partial charge in [-0.2, -0.15) is 18.3 Å². The maximum Gasteiger partial charge on any atom is 0.435 e. The summed E-state index contributed by atoms with van der Waals surface area (Å²) in [4.78, 5) is 32.3. The van der Waals surface area contributed by atoms with Gasteiger partial charge in [-0.25, -0.2) is 9.66 Å². The minimum absolute atomic E-state index is 0.0198. The number of hydrogen-bond acceptors (Lipinski definition) is 5. The summed E-state index contributed by atoms with van der Waals surface area (Å²) in [7, 11) is 0. The van der Waals surface area contributed by atoms with Crippen molar-refractivity contribution in [2.45, 2.75) is 64.6 Å². The zero-order valence-corrected chi connectivity index (χ0v) is 18.4. The largest absolute Gasteiger partial charge is 0.435 e. The summed E-state index contributed by atoms with van der Waals surface area (Å²) in [5.74, 6) is 0.220. The van der Waals surface area contributed by atoms with Gasteiger partial charge in [0.05, 0.1) is 5.39 Å². The smallest absolute Gasteiger partial charge is 0.271 e. The lowest BCUT2D eigenvalue weighted by Crippen LogP contribution is -2.37. The molecular formula is C21H22F3N5O2S. The van der Waals surface area contributed by atoms with E-state index in [1.54, 1.807) is 6.92 Å². The van der Waals surface area contributed by atoms with Crippen molar-refractivity contribution in [2.24, 2.45) is 5.92 Å². The van der Waals surface area contributed by atoms with E-state index in [-0.39, 0.29) is 11.5 Å². The van der Waals surface area contributed by atoms with E-state index in [1.807, 2.05) is 0 Å². The van der Waals surface area contributed by atoms with Gasteiger partial charge in [0.25, 0.3) is 11.5 Å². The Balaban J connectivity index is 1.45. The van der Waals surface area contributed by atoms with Gasteiger partial charge in [-0.1, -0.05) is 6.92 Å². The van der Waals surface area contributed by atoms with Crippen LogP contribution in [0.4, 0.5) is 13.2 Å². The van der Waals surface area contributed by atoms with Gasteiger partial charge < -0.3 is 0 Å². The third kappa shape index (κ3) is 3.72. The Bertz CT molecular complexity index is 1290. The van der Waals surface area contributed by atoms with Gasteiger partial charge in [-0.15, -0.1) is 11.3 Å². The Labute approximate surface area is 185 Å². The molecule has 170 valence electrons. The molecule has 3 heterocycles. The highest BCUT2D eigenvalue weighted by Crippen LogP contribution is 2.42. The first-order valence-corrected chi connectivity index (χ1v) is 11.4. The Morgan fingerprint density at radius 3 is 2.75 bits per heavy atom. The lowest BCUT2D eigenvalue weighted by Gasteiger charge is -2.17. The molecule has 0 aliphatic heterocycles. The zero-order chi connectivity index (χ0) is 22.8. The van der Waals surface area contributed by atoms with Crippen LogP contribution in [0.3, 0.4) is 0 Å². The minimum atomic E-state index is -4.58. The molecule has 1 fully saturated rings. The average molecular weight is 466 g/mol. The topological polar surface area (TPSA) is 81.8 Å². The second kappa shape index (κ2) is 7.43.